The van der Waals surface area contributed by atoms with E-state index in [0.717, 1.165) is 35.4 Å². The number of piperidine rings is 1. The zero-order valence-electron chi connectivity index (χ0n) is 12.8. The highest BCUT2D eigenvalue weighted by atomic mass is 35.5. The van der Waals surface area contributed by atoms with Crippen molar-refractivity contribution in [3.63, 3.8) is 0 Å². The third-order valence-electron chi connectivity index (χ3n) is 4.41. The molecule has 1 fully saturated rings. The molecule has 1 aliphatic heterocycles. The molecule has 2 rings (SSSR count). The second kappa shape index (κ2) is 7.90. The van der Waals surface area contributed by atoms with Gasteiger partial charge in [0.25, 0.3) is 0 Å². The summed E-state index contributed by atoms with van der Waals surface area (Å²) in [5.41, 5.74) is 1.12. The van der Waals surface area contributed by atoms with Gasteiger partial charge < -0.3 is 9.64 Å². The SMILES string of the molecule is CC[C@H]1CCCC[NH+]1CCCOc1ccc(Cl)cc1C. The number of hydrogen-bond donors (Lipinski definition) is 1. The molecule has 2 nitrogen and oxygen atoms in total. The third-order valence-corrected chi connectivity index (χ3v) is 4.64. The predicted molar refractivity (Wildman–Crippen MR) is 84.9 cm³/mol. The lowest BCUT2D eigenvalue weighted by atomic mass is 10.00. The van der Waals surface area contributed by atoms with Crippen molar-refractivity contribution in [3.8, 4) is 5.75 Å². The molecule has 0 aromatic heterocycles. The molecular weight excluding hydrogens is 270 g/mol. The first kappa shape index (κ1) is 15.7. The van der Waals surface area contributed by atoms with Gasteiger partial charge in [-0.1, -0.05) is 18.5 Å². The minimum absolute atomic E-state index is 0.776. The molecule has 1 aliphatic rings. The zero-order chi connectivity index (χ0) is 14.4. The van der Waals surface area contributed by atoms with Crippen LogP contribution in [0.1, 0.15) is 44.6 Å². The smallest absolute Gasteiger partial charge is 0.122 e. The molecule has 1 saturated heterocycles. The highest BCUT2D eigenvalue weighted by Gasteiger charge is 2.23. The molecule has 0 spiro atoms. The molecule has 1 aromatic carbocycles. The number of aryl methyl sites for hydroxylation is 1. The van der Waals surface area contributed by atoms with Gasteiger partial charge >= 0.3 is 0 Å². The first-order chi connectivity index (χ1) is 9.70. The number of rotatable bonds is 6. The summed E-state index contributed by atoms with van der Waals surface area (Å²) in [5, 5.41) is 0.776. The average Bonchev–Trinajstić information content (AvgIpc) is 2.46. The number of quaternary nitrogens is 1. The summed E-state index contributed by atoms with van der Waals surface area (Å²) in [6, 6.07) is 6.70. The fourth-order valence-electron chi connectivity index (χ4n) is 3.23. The van der Waals surface area contributed by atoms with Gasteiger partial charge in [0.1, 0.15) is 5.75 Å². The van der Waals surface area contributed by atoms with E-state index in [1.54, 1.807) is 4.90 Å². The Kier molecular flexibility index (Phi) is 6.18. The lowest BCUT2D eigenvalue weighted by molar-refractivity contribution is -0.931. The Morgan fingerprint density at radius 2 is 2.20 bits per heavy atom. The highest BCUT2D eigenvalue weighted by molar-refractivity contribution is 6.30. The molecule has 1 aromatic rings. The molecule has 1 unspecified atom stereocenters. The summed E-state index contributed by atoms with van der Waals surface area (Å²) >= 11 is 5.95. The second-order valence-corrected chi connectivity index (χ2v) is 6.31. The number of benzene rings is 1. The van der Waals surface area contributed by atoms with E-state index >= 15 is 0 Å². The van der Waals surface area contributed by atoms with Gasteiger partial charge in [0.2, 0.25) is 0 Å². The van der Waals surface area contributed by atoms with Gasteiger partial charge in [-0.25, -0.2) is 0 Å². The fraction of sp³-hybridized carbons (Fsp3) is 0.647. The van der Waals surface area contributed by atoms with Crippen molar-refractivity contribution in [2.45, 2.75) is 52.0 Å². The number of nitrogens with one attached hydrogen (secondary N) is 1. The Bertz CT molecular complexity index is 421. The van der Waals surface area contributed by atoms with Crippen molar-refractivity contribution in [3.05, 3.63) is 28.8 Å². The highest BCUT2D eigenvalue weighted by Crippen LogP contribution is 2.21. The maximum absolute atomic E-state index is 5.95. The molecule has 3 heteroatoms. The number of hydrogen-bond acceptors (Lipinski definition) is 1. The van der Waals surface area contributed by atoms with Crippen molar-refractivity contribution in [1.29, 1.82) is 0 Å². The molecule has 0 saturated carbocycles. The average molecular weight is 297 g/mol. The molecule has 0 aliphatic carbocycles. The van der Waals surface area contributed by atoms with Crippen LogP contribution in [-0.4, -0.2) is 25.7 Å². The van der Waals surface area contributed by atoms with Crippen molar-refractivity contribution >= 4 is 11.6 Å². The maximum Gasteiger partial charge on any atom is 0.122 e. The molecule has 20 heavy (non-hydrogen) atoms. The molecule has 112 valence electrons. The summed E-state index contributed by atoms with van der Waals surface area (Å²) in [6.07, 6.45) is 6.66. The maximum atomic E-state index is 5.95. The first-order valence-corrected chi connectivity index (χ1v) is 8.32. The van der Waals surface area contributed by atoms with Crippen LogP contribution in [0.4, 0.5) is 0 Å². The van der Waals surface area contributed by atoms with Crippen LogP contribution in [-0.2, 0) is 0 Å². The van der Waals surface area contributed by atoms with E-state index in [2.05, 4.69) is 6.92 Å². The van der Waals surface area contributed by atoms with Gasteiger partial charge in [0.15, 0.2) is 0 Å². The molecule has 0 radical (unpaired) electrons. The summed E-state index contributed by atoms with van der Waals surface area (Å²) in [7, 11) is 0. The van der Waals surface area contributed by atoms with E-state index in [1.807, 2.05) is 25.1 Å². The van der Waals surface area contributed by atoms with Crippen LogP contribution >= 0.6 is 11.6 Å². The predicted octanol–water partition coefficient (Wildman–Crippen LogP) is 3.26. The van der Waals surface area contributed by atoms with Crippen LogP contribution < -0.4 is 9.64 Å². The van der Waals surface area contributed by atoms with Crippen molar-refractivity contribution < 1.29 is 9.64 Å². The minimum Gasteiger partial charge on any atom is -0.493 e. The summed E-state index contributed by atoms with van der Waals surface area (Å²) in [6.45, 7) is 7.76. The standard InChI is InChI=1S/C17H26ClNO/c1-3-16-7-4-5-10-19(16)11-6-12-20-17-9-8-15(18)13-14(17)2/h8-9,13,16H,3-7,10-12H2,1-2H3/p+1/t16-/m0/s1. The van der Waals surface area contributed by atoms with E-state index in [1.165, 1.54) is 38.8 Å². The second-order valence-electron chi connectivity index (χ2n) is 5.87. The molecule has 0 amide bonds. The van der Waals surface area contributed by atoms with Gasteiger partial charge in [0.05, 0.1) is 25.7 Å². The number of likely N-dealkylation sites (tertiary alicyclic amines) is 1. The molecule has 1 N–H and O–H groups in total. The van der Waals surface area contributed by atoms with Crippen LogP contribution in [0.5, 0.6) is 5.75 Å². The van der Waals surface area contributed by atoms with Crippen LogP contribution in [0, 0.1) is 6.92 Å². The van der Waals surface area contributed by atoms with Gasteiger partial charge in [-0.2, -0.15) is 0 Å². The number of ether oxygens (including phenoxy) is 1. The van der Waals surface area contributed by atoms with E-state index in [4.69, 9.17) is 16.3 Å². The summed E-state index contributed by atoms with van der Waals surface area (Å²) in [4.78, 5) is 1.79. The minimum atomic E-state index is 0.776. The van der Waals surface area contributed by atoms with Gasteiger partial charge in [-0.05, 0) is 56.4 Å². The molecule has 2 atom stereocenters. The topological polar surface area (TPSA) is 13.7 Å². The molecular formula is C17H27ClNO+. The van der Waals surface area contributed by atoms with Gasteiger partial charge in [0, 0.05) is 11.4 Å². The Morgan fingerprint density at radius 3 is 2.95 bits per heavy atom. The molecule has 0 bridgehead atoms. The molecule has 1 heterocycles. The van der Waals surface area contributed by atoms with E-state index in [0.29, 0.717) is 0 Å². The summed E-state index contributed by atoms with van der Waals surface area (Å²) < 4.78 is 5.88. The largest absolute Gasteiger partial charge is 0.493 e. The third kappa shape index (κ3) is 4.39. The van der Waals surface area contributed by atoms with Crippen LogP contribution in [0.15, 0.2) is 18.2 Å². The van der Waals surface area contributed by atoms with Crippen LogP contribution in [0.2, 0.25) is 5.02 Å². The number of halogens is 1. The van der Waals surface area contributed by atoms with E-state index in [-0.39, 0.29) is 0 Å². The Morgan fingerprint density at radius 1 is 1.35 bits per heavy atom. The van der Waals surface area contributed by atoms with Crippen molar-refractivity contribution in [1.82, 2.24) is 0 Å². The Labute approximate surface area is 128 Å². The normalized spacial score (nSPS) is 22.8. The first-order valence-electron chi connectivity index (χ1n) is 7.94. The zero-order valence-corrected chi connectivity index (χ0v) is 13.5. The van der Waals surface area contributed by atoms with Crippen molar-refractivity contribution in [2.75, 3.05) is 19.7 Å². The van der Waals surface area contributed by atoms with E-state index < -0.39 is 0 Å². The van der Waals surface area contributed by atoms with Crippen molar-refractivity contribution in [2.24, 2.45) is 0 Å². The summed E-state index contributed by atoms with van der Waals surface area (Å²) in [5.74, 6) is 0.968. The lowest BCUT2D eigenvalue weighted by Gasteiger charge is -2.32. The van der Waals surface area contributed by atoms with Gasteiger partial charge in [-0.15, -0.1) is 0 Å². The van der Waals surface area contributed by atoms with Crippen LogP contribution in [0.3, 0.4) is 0 Å². The van der Waals surface area contributed by atoms with Gasteiger partial charge in [-0.3, -0.25) is 0 Å². The monoisotopic (exact) mass is 296 g/mol. The Hall–Kier alpha value is -0.730. The van der Waals surface area contributed by atoms with Crippen LogP contribution in [0.25, 0.3) is 0 Å². The fourth-order valence-corrected chi connectivity index (χ4v) is 3.46. The Balaban J connectivity index is 1.73. The van der Waals surface area contributed by atoms with E-state index in [9.17, 15) is 0 Å². The lowest BCUT2D eigenvalue weighted by Crippen LogP contribution is -3.16. The quantitative estimate of drug-likeness (QED) is 0.796.